The third kappa shape index (κ3) is 2.63. The summed E-state index contributed by atoms with van der Waals surface area (Å²) in [6.45, 7) is 3.09. The van der Waals surface area contributed by atoms with E-state index in [4.69, 9.17) is 0 Å². The Kier molecular flexibility index (Phi) is 3.62. The van der Waals surface area contributed by atoms with E-state index in [0.717, 1.165) is 6.07 Å². The van der Waals surface area contributed by atoms with E-state index in [9.17, 15) is 18.3 Å². The average Bonchev–Trinajstić information content (AvgIpc) is 2.34. The van der Waals surface area contributed by atoms with Crippen LogP contribution in [0.3, 0.4) is 0 Å². The van der Waals surface area contributed by atoms with Gasteiger partial charge in [-0.2, -0.15) is 0 Å². The molecule has 0 aromatic heterocycles. The number of aryl methyl sites for hydroxylation is 2. The fourth-order valence-corrected chi connectivity index (χ4v) is 1.97. The van der Waals surface area contributed by atoms with Crippen molar-refractivity contribution in [1.82, 2.24) is 0 Å². The Morgan fingerprint density at radius 3 is 2.26 bits per heavy atom. The molecule has 0 spiro atoms. The lowest BCUT2D eigenvalue weighted by Crippen LogP contribution is -2.06. The van der Waals surface area contributed by atoms with Gasteiger partial charge in [-0.05, 0) is 42.7 Å². The van der Waals surface area contributed by atoms with Gasteiger partial charge in [0.2, 0.25) is 0 Å². The first-order valence-corrected chi connectivity index (χ1v) is 5.80. The van der Waals surface area contributed by atoms with Crippen LogP contribution in [0.1, 0.15) is 28.4 Å². The number of halogens is 3. The molecule has 1 nitrogen and oxygen atoms in total. The molecule has 0 aliphatic rings. The van der Waals surface area contributed by atoms with Crippen molar-refractivity contribution in [1.29, 1.82) is 0 Å². The van der Waals surface area contributed by atoms with E-state index in [0.29, 0.717) is 5.56 Å². The summed E-state index contributed by atoms with van der Waals surface area (Å²) in [5.41, 5.74) is 0.749. The van der Waals surface area contributed by atoms with Crippen molar-refractivity contribution in [3.8, 4) is 0 Å². The molecular formula is C15H13F3O. The maximum Gasteiger partial charge on any atom is 0.165 e. The molecule has 0 radical (unpaired) electrons. The van der Waals surface area contributed by atoms with Gasteiger partial charge in [-0.15, -0.1) is 0 Å². The van der Waals surface area contributed by atoms with E-state index < -0.39 is 23.6 Å². The van der Waals surface area contributed by atoms with E-state index in [1.807, 2.05) is 0 Å². The summed E-state index contributed by atoms with van der Waals surface area (Å²) in [7, 11) is 0. The van der Waals surface area contributed by atoms with Crippen molar-refractivity contribution in [3.63, 3.8) is 0 Å². The molecule has 100 valence electrons. The van der Waals surface area contributed by atoms with E-state index in [2.05, 4.69) is 0 Å². The molecule has 0 saturated heterocycles. The minimum absolute atomic E-state index is 0.156. The lowest BCUT2D eigenvalue weighted by Gasteiger charge is -2.14. The lowest BCUT2D eigenvalue weighted by atomic mass is 9.98. The van der Waals surface area contributed by atoms with Crippen LogP contribution < -0.4 is 0 Å². The summed E-state index contributed by atoms with van der Waals surface area (Å²) in [4.78, 5) is 0. The van der Waals surface area contributed by atoms with Gasteiger partial charge in [0.1, 0.15) is 11.9 Å². The molecular weight excluding hydrogens is 253 g/mol. The topological polar surface area (TPSA) is 20.2 Å². The molecule has 0 fully saturated rings. The van der Waals surface area contributed by atoms with Gasteiger partial charge < -0.3 is 5.11 Å². The smallest absolute Gasteiger partial charge is 0.165 e. The Hall–Kier alpha value is -1.81. The maximum atomic E-state index is 13.8. The van der Waals surface area contributed by atoms with Crippen LogP contribution in [0.5, 0.6) is 0 Å². The Bertz CT molecular complexity index is 603. The number of aliphatic hydroxyl groups is 1. The van der Waals surface area contributed by atoms with Gasteiger partial charge in [0, 0.05) is 5.56 Å². The van der Waals surface area contributed by atoms with Crippen LogP contribution in [0.15, 0.2) is 30.3 Å². The van der Waals surface area contributed by atoms with Gasteiger partial charge in [0.05, 0.1) is 0 Å². The molecule has 2 aromatic carbocycles. The van der Waals surface area contributed by atoms with Gasteiger partial charge in [-0.25, -0.2) is 13.2 Å². The molecule has 1 unspecified atom stereocenters. The molecule has 0 aliphatic heterocycles. The van der Waals surface area contributed by atoms with Crippen LogP contribution in [0.25, 0.3) is 0 Å². The van der Waals surface area contributed by atoms with Crippen molar-refractivity contribution < 1.29 is 18.3 Å². The second kappa shape index (κ2) is 5.05. The summed E-state index contributed by atoms with van der Waals surface area (Å²) < 4.78 is 40.5. The molecule has 19 heavy (non-hydrogen) atoms. The molecule has 0 heterocycles. The molecule has 0 aliphatic carbocycles. The van der Waals surface area contributed by atoms with Gasteiger partial charge in [0.15, 0.2) is 11.6 Å². The second-order valence-electron chi connectivity index (χ2n) is 4.56. The fraction of sp³-hybridized carbons (Fsp3) is 0.200. The molecule has 4 heteroatoms. The van der Waals surface area contributed by atoms with Gasteiger partial charge in [-0.1, -0.05) is 18.2 Å². The summed E-state index contributed by atoms with van der Waals surface area (Å²) in [5, 5.41) is 10.1. The van der Waals surface area contributed by atoms with Crippen LogP contribution in [-0.2, 0) is 0 Å². The minimum atomic E-state index is -1.40. The van der Waals surface area contributed by atoms with E-state index in [1.54, 1.807) is 6.92 Å². The van der Waals surface area contributed by atoms with E-state index >= 15 is 0 Å². The van der Waals surface area contributed by atoms with Crippen LogP contribution in [-0.4, -0.2) is 5.11 Å². The average molecular weight is 266 g/mol. The Morgan fingerprint density at radius 1 is 0.947 bits per heavy atom. The standard InChI is InChI=1S/C15H13F3O/c1-8-5-10(7-11(16)6-8)15(19)12-4-3-9(2)13(17)14(12)18/h3-7,15,19H,1-2H3. The van der Waals surface area contributed by atoms with Crippen LogP contribution in [0.2, 0.25) is 0 Å². The van der Waals surface area contributed by atoms with Crippen molar-refractivity contribution in [3.05, 3.63) is 70.0 Å². The second-order valence-corrected chi connectivity index (χ2v) is 4.56. The number of aliphatic hydroxyl groups excluding tert-OH is 1. The van der Waals surface area contributed by atoms with Crippen LogP contribution in [0.4, 0.5) is 13.2 Å². The number of benzene rings is 2. The van der Waals surface area contributed by atoms with Gasteiger partial charge in [0.25, 0.3) is 0 Å². The first-order valence-electron chi connectivity index (χ1n) is 5.80. The highest BCUT2D eigenvalue weighted by molar-refractivity contribution is 5.35. The van der Waals surface area contributed by atoms with E-state index in [-0.39, 0.29) is 16.7 Å². The fourth-order valence-electron chi connectivity index (χ4n) is 1.97. The highest BCUT2D eigenvalue weighted by atomic mass is 19.2. The van der Waals surface area contributed by atoms with Crippen molar-refractivity contribution >= 4 is 0 Å². The van der Waals surface area contributed by atoms with Gasteiger partial charge in [-0.3, -0.25) is 0 Å². The molecule has 0 saturated carbocycles. The summed E-state index contributed by atoms with van der Waals surface area (Å²) in [6.07, 6.45) is -1.40. The normalized spacial score (nSPS) is 12.5. The monoisotopic (exact) mass is 266 g/mol. The zero-order chi connectivity index (χ0) is 14.2. The molecule has 2 rings (SSSR count). The molecule has 1 N–H and O–H groups in total. The zero-order valence-corrected chi connectivity index (χ0v) is 10.5. The number of hydrogen-bond donors (Lipinski definition) is 1. The Labute approximate surface area is 109 Å². The summed E-state index contributed by atoms with van der Waals surface area (Å²) in [6, 6.07) is 6.61. The Morgan fingerprint density at radius 2 is 1.63 bits per heavy atom. The lowest BCUT2D eigenvalue weighted by molar-refractivity contribution is 0.212. The zero-order valence-electron chi connectivity index (χ0n) is 10.5. The van der Waals surface area contributed by atoms with Crippen LogP contribution >= 0.6 is 0 Å². The highest BCUT2D eigenvalue weighted by Crippen LogP contribution is 2.27. The van der Waals surface area contributed by atoms with E-state index in [1.165, 1.54) is 31.2 Å². The van der Waals surface area contributed by atoms with Crippen LogP contribution in [0, 0.1) is 31.3 Å². The molecule has 0 amide bonds. The van der Waals surface area contributed by atoms with Crippen molar-refractivity contribution in [2.45, 2.75) is 20.0 Å². The number of hydrogen-bond acceptors (Lipinski definition) is 1. The van der Waals surface area contributed by atoms with Crippen molar-refractivity contribution in [2.24, 2.45) is 0 Å². The molecule has 0 bridgehead atoms. The first kappa shape index (κ1) is 13.6. The van der Waals surface area contributed by atoms with Gasteiger partial charge >= 0.3 is 0 Å². The predicted octanol–water partition coefficient (Wildman–Crippen LogP) is 3.80. The maximum absolute atomic E-state index is 13.8. The third-order valence-corrected chi connectivity index (χ3v) is 2.98. The largest absolute Gasteiger partial charge is 0.384 e. The third-order valence-electron chi connectivity index (χ3n) is 2.98. The SMILES string of the molecule is Cc1cc(F)cc(C(O)c2ccc(C)c(F)c2F)c1. The summed E-state index contributed by atoms with van der Waals surface area (Å²) >= 11 is 0. The Balaban J connectivity index is 2.50. The highest BCUT2D eigenvalue weighted by Gasteiger charge is 2.19. The predicted molar refractivity (Wildman–Crippen MR) is 66.3 cm³/mol. The minimum Gasteiger partial charge on any atom is -0.384 e. The first-order chi connectivity index (χ1) is 8.90. The molecule has 2 aromatic rings. The number of rotatable bonds is 2. The van der Waals surface area contributed by atoms with Crippen molar-refractivity contribution in [2.75, 3.05) is 0 Å². The molecule has 1 atom stereocenters. The summed E-state index contributed by atoms with van der Waals surface area (Å²) in [5.74, 6) is -2.62. The quantitative estimate of drug-likeness (QED) is 0.876.